The van der Waals surface area contributed by atoms with Gasteiger partial charge in [-0.1, -0.05) is 15.9 Å². The predicted octanol–water partition coefficient (Wildman–Crippen LogP) is 3.62. The molecule has 1 aromatic carbocycles. The number of morpholine rings is 1. The number of ether oxygens (including phenoxy) is 2. The van der Waals surface area contributed by atoms with Gasteiger partial charge in [0.05, 0.1) is 37.2 Å². The van der Waals surface area contributed by atoms with Gasteiger partial charge in [0.25, 0.3) is 0 Å². The van der Waals surface area contributed by atoms with Gasteiger partial charge in [0.1, 0.15) is 0 Å². The number of hydrogen-bond donors (Lipinski definition) is 0. The second-order valence-corrected chi connectivity index (χ2v) is 6.90. The van der Waals surface area contributed by atoms with Crippen LogP contribution in [0.4, 0.5) is 5.69 Å². The van der Waals surface area contributed by atoms with Crippen LogP contribution in [0.15, 0.2) is 28.9 Å². The van der Waals surface area contributed by atoms with Crippen molar-refractivity contribution in [3.05, 3.63) is 28.9 Å². The van der Waals surface area contributed by atoms with Crippen LogP contribution in [0.3, 0.4) is 0 Å². The van der Waals surface area contributed by atoms with Crippen molar-refractivity contribution in [1.82, 2.24) is 4.98 Å². The van der Waals surface area contributed by atoms with E-state index in [1.807, 2.05) is 18.3 Å². The molecule has 2 aliphatic rings. The van der Waals surface area contributed by atoms with Gasteiger partial charge in [-0.2, -0.15) is 0 Å². The van der Waals surface area contributed by atoms with E-state index in [1.54, 1.807) is 0 Å². The van der Waals surface area contributed by atoms with Crippen LogP contribution < -0.4 is 9.64 Å². The fourth-order valence-corrected chi connectivity index (χ4v) is 3.16. The first-order chi connectivity index (χ1) is 10.8. The number of benzene rings is 1. The molecule has 1 aromatic heterocycles. The third kappa shape index (κ3) is 2.92. The van der Waals surface area contributed by atoms with Crippen molar-refractivity contribution >= 4 is 32.5 Å². The summed E-state index contributed by atoms with van der Waals surface area (Å²) in [5.41, 5.74) is 2.07. The lowest BCUT2D eigenvalue weighted by atomic mass is 10.1. The van der Waals surface area contributed by atoms with Crippen molar-refractivity contribution in [3.8, 4) is 5.75 Å². The lowest BCUT2D eigenvalue weighted by Gasteiger charge is -2.30. The van der Waals surface area contributed by atoms with Crippen LogP contribution in [0, 0.1) is 5.92 Å². The van der Waals surface area contributed by atoms with Crippen molar-refractivity contribution in [2.75, 3.05) is 37.8 Å². The summed E-state index contributed by atoms with van der Waals surface area (Å²) >= 11 is 3.56. The molecular formula is C17H19BrN2O2. The number of aromatic nitrogens is 1. The molecule has 0 radical (unpaired) electrons. The standard InChI is InChI=1S/C17H19BrN2O2/c18-13-3-4-15-14(9-13)17(22-11-12-1-2-12)16(10-19-15)20-5-7-21-8-6-20/h3-4,9-10,12H,1-2,5-8,11H2. The molecule has 5 heteroatoms. The Morgan fingerprint density at radius 3 is 2.86 bits per heavy atom. The molecule has 2 aromatic rings. The topological polar surface area (TPSA) is 34.6 Å². The lowest BCUT2D eigenvalue weighted by molar-refractivity contribution is 0.122. The Labute approximate surface area is 138 Å². The van der Waals surface area contributed by atoms with Gasteiger partial charge in [-0.05, 0) is 37.0 Å². The molecule has 2 fully saturated rings. The zero-order valence-corrected chi connectivity index (χ0v) is 14.0. The predicted molar refractivity (Wildman–Crippen MR) is 90.7 cm³/mol. The number of halogens is 1. The third-order valence-corrected chi connectivity index (χ3v) is 4.77. The molecule has 4 nitrogen and oxygen atoms in total. The molecule has 1 saturated carbocycles. The van der Waals surface area contributed by atoms with E-state index in [0.29, 0.717) is 0 Å². The summed E-state index contributed by atoms with van der Waals surface area (Å²) in [5, 5.41) is 1.08. The number of hydrogen-bond acceptors (Lipinski definition) is 4. The summed E-state index contributed by atoms with van der Waals surface area (Å²) in [4.78, 5) is 6.94. The Morgan fingerprint density at radius 2 is 2.09 bits per heavy atom. The second kappa shape index (κ2) is 6.05. The average molecular weight is 363 g/mol. The van der Waals surface area contributed by atoms with Crippen LogP contribution in [0.25, 0.3) is 10.9 Å². The molecule has 1 aliphatic carbocycles. The van der Waals surface area contributed by atoms with Crippen molar-refractivity contribution in [2.45, 2.75) is 12.8 Å². The maximum atomic E-state index is 6.24. The average Bonchev–Trinajstić information content (AvgIpc) is 3.37. The summed E-state index contributed by atoms with van der Waals surface area (Å²) in [6.07, 6.45) is 4.53. The van der Waals surface area contributed by atoms with Gasteiger partial charge in [0, 0.05) is 22.9 Å². The van der Waals surface area contributed by atoms with Gasteiger partial charge in [0.2, 0.25) is 0 Å². The van der Waals surface area contributed by atoms with Gasteiger partial charge in [0.15, 0.2) is 5.75 Å². The fraction of sp³-hybridized carbons (Fsp3) is 0.471. The zero-order chi connectivity index (χ0) is 14.9. The number of fused-ring (bicyclic) bond motifs is 1. The monoisotopic (exact) mass is 362 g/mol. The van der Waals surface area contributed by atoms with E-state index in [-0.39, 0.29) is 0 Å². The number of pyridine rings is 1. The van der Waals surface area contributed by atoms with Crippen LogP contribution in [0.2, 0.25) is 0 Å². The van der Waals surface area contributed by atoms with E-state index in [1.165, 1.54) is 12.8 Å². The van der Waals surface area contributed by atoms with E-state index < -0.39 is 0 Å². The minimum atomic E-state index is 0.730. The first kappa shape index (κ1) is 14.3. The summed E-state index contributed by atoms with van der Waals surface area (Å²) in [6.45, 7) is 4.11. The molecule has 0 atom stereocenters. The Hall–Kier alpha value is -1.33. The molecule has 0 unspecified atom stereocenters. The summed E-state index contributed by atoms with van der Waals surface area (Å²) < 4.78 is 12.8. The van der Waals surface area contributed by atoms with Crippen molar-refractivity contribution in [1.29, 1.82) is 0 Å². The molecule has 0 amide bonds. The van der Waals surface area contributed by atoms with Gasteiger partial charge in [-0.15, -0.1) is 0 Å². The van der Waals surface area contributed by atoms with Crippen LogP contribution in [0.5, 0.6) is 5.75 Å². The maximum absolute atomic E-state index is 6.24. The molecule has 116 valence electrons. The largest absolute Gasteiger partial charge is 0.490 e. The van der Waals surface area contributed by atoms with Gasteiger partial charge in [-0.3, -0.25) is 4.98 Å². The van der Waals surface area contributed by atoms with E-state index in [0.717, 1.165) is 65.6 Å². The Bertz CT molecular complexity index is 682. The highest BCUT2D eigenvalue weighted by molar-refractivity contribution is 9.10. The Morgan fingerprint density at radius 1 is 1.27 bits per heavy atom. The quantitative estimate of drug-likeness (QED) is 0.831. The van der Waals surface area contributed by atoms with Crippen LogP contribution >= 0.6 is 15.9 Å². The number of anilines is 1. The smallest absolute Gasteiger partial charge is 0.153 e. The van der Waals surface area contributed by atoms with Crippen LogP contribution in [-0.2, 0) is 4.74 Å². The Balaban J connectivity index is 1.76. The summed E-state index contributed by atoms with van der Waals surface area (Å²) in [6, 6.07) is 6.16. The molecule has 1 aliphatic heterocycles. The molecule has 22 heavy (non-hydrogen) atoms. The number of nitrogens with zero attached hydrogens (tertiary/aromatic N) is 2. The highest BCUT2D eigenvalue weighted by atomic mass is 79.9. The maximum Gasteiger partial charge on any atom is 0.153 e. The van der Waals surface area contributed by atoms with E-state index in [2.05, 4.69) is 31.9 Å². The first-order valence-electron chi connectivity index (χ1n) is 7.85. The zero-order valence-electron chi connectivity index (χ0n) is 12.4. The van der Waals surface area contributed by atoms with Crippen LogP contribution in [0.1, 0.15) is 12.8 Å². The van der Waals surface area contributed by atoms with E-state index in [4.69, 9.17) is 9.47 Å². The van der Waals surface area contributed by atoms with Gasteiger partial charge in [-0.25, -0.2) is 0 Å². The molecule has 2 heterocycles. The fourth-order valence-electron chi connectivity index (χ4n) is 2.80. The molecule has 0 N–H and O–H groups in total. The first-order valence-corrected chi connectivity index (χ1v) is 8.64. The molecular weight excluding hydrogens is 344 g/mol. The normalized spacial score (nSPS) is 18.7. The molecule has 0 spiro atoms. The minimum Gasteiger partial charge on any atom is -0.490 e. The number of rotatable bonds is 4. The van der Waals surface area contributed by atoms with Crippen molar-refractivity contribution < 1.29 is 9.47 Å². The molecule has 4 rings (SSSR count). The van der Waals surface area contributed by atoms with Gasteiger partial charge < -0.3 is 14.4 Å². The van der Waals surface area contributed by atoms with Gasteiger partial charge >= 0.3 is 0 Å². The second-order valence-electron chi connectivity index (χ2n) is 5.99. The molecule has 1 saturated heterocycles. The van der Waals surface area contributed by atoms with Crippen molar-refractivity contribution in [3.63, 3.8) is 0 Å². The van der Waals surface area contributed by atoms with E-state index in [9.17, 15) is 0 Å². The highest BCUT2D eigenvalue weighted by Gasteiger charge is 2.24. The summed E-state index contributed by atoms with van der Waals surface area (Å²) in [5.74, 6) is 1.70. The SMILES string of the molecule is Brc1ccc2ncc(N3CCOCC3)c(OCC3CC3)c2c1. The minimum absolute atomic E-state index is 0.730. The lowest BCUT2D eigenvalue weighted by Crippen LogP contribution is -2.36. The highest BCUT2D eigenvalue weighted by Crippen LogP contribution is 2.38. The molecule has 0 bridgehead atoms. The van der Waals surface area contributed by atoms with Crippen molar-refractivity contribution in [2.24, 2.45) is 5.92 Å². The summed E-state index contributed by atoms with van der Waals surface area (Å²) in [7, 11) is 0. The van der Waals surface area contributed by atoms with E-state index >= 15 is 0 Å². The Kier molecular flexibility index (Phi) is 3.92. The van der Waals surface area contributed by atoms with Crippen LogP contribution in [-0.4, -0.2) is 37.9 Å². The third-order valence-electron chi connectivity index (χ3n) is 4.27.